The summed E-state index contributed by atoms with van der Waals surface area (Å²) >= 11 is 0. The summed E-state index contributed by atoms with van der Waals surface area (Å²) in [6.07, 6.45) is 7.61. The number of ether oxygens (including phenoxy) is 1. The first-order valence-electron chi connectivity index (χ1n) is 8.95. The molecule has 1 aromatic rings. The van der Waals surface area contributed by atoms with Crippen molar-refractivity contribution in [3.05, 3.63) is 29.3 Å². The minimum Gasteiger partial charge on any atom is -0.510 e. The van der Waals surface area contributed by atoms with Gasteiger partial charge >= 0.3 is 0 Å². The van der Waals surface area contributed by atoms with Crippen molar-refractivity contribution in [1.29, 1.82) is 0 Å². The Morgan fingerprint density at radius 3 is 2.74 bits per heavy atom. The predicted octanol–water partition coefficient (Wildman–Crippen LogP) is 3.01. The van der Waals surface area contributed by atoms with E-state index in [0.717, 1.165) is 18.1 Å². The Hall–Kier alpha value is -0.890. The summed E-state index contributed by atoms with van der Waals surface area (Å²) in [5.74, 6) is 0.774. The van der Waals surface area contributed by atoms with E-state index in [0.29, 0.717) is 6.04 Å². The Morgan fingerprint density at radius 2 is 2.09 bits per heavy atom. The van der Waals surface area contributed by atoms with Gasteiger partial charge in [-0.3, -0.25) is 0 Å². The van der Waals surface area contributed by atoms with Gasteiger partial charge in [0.1, 0.15) is 21.4 Å². The Bertz CT molecular complexity index is 560. The van der Waals surface area contributed by atoms with Crippen molar-refractivity contribution in [2.45, 2.75) is 62.8 Å². The predicted molar refractivity (Wildman–Crippen MR) is 97.5 cm³/mol. The molecule has 1 aromatic carbocycles. The van der Waals surface area contributed by atoms with Gasteiger partial charge in [0.15, 0.2) is 0 Å². The number of benzene rings is 1. The van der Waals surface area contributed by atoms with Crippen molar-refractivity contribution in [3.8, 4) is 5.75 Å². The van der Waals surface area contributed by atoms with Gasteiger partial charge in [-0.15, -0.1) is 0 Å². The maximum atomic E-state index is 5.61. The minimum absolute atomic E-state index is 0.277. The molecular formula is C19H27B2NO. The van der Waals surface area contributed by atoms with Crippen molar-refractivity contribution in [2.75, 3.05) is 14.1 Å². The lowest BCUT2D eigenvalue weighted by molar-refractivity contribution is 0.0681. The number of fused-ring (bicyclic) bond motifs is 3. The fourth-order valence-electron chi connectivity index (χ4n) is 5.13. The molecule has 4 radical (unpaired) electrons. The second-order valence-corrected chi connectivity index (χ2v) is 7.50. The third-order valence-electron chi connectivity index (χ3n) is 6.18. The highest BCUT2D eigenvalue weighted by Crippen LogP contribution is 2.53. The van der Waals surface area contributed by atoms with Gasteiger partial charge in [0.2, 0.25) is 0 Å². The van der Waals surface area contributed by atoms with E-state index in [4.69, 9.17) is 20.4 Å². The van der Waals surface area contributed by atoms with Gasteiger partial charge in [0.25, 0.3) is 0 Å². The molecule has 0 spiro atoms. The lowest BCUT2D eigenvalue weighted by Gasteiger charge is -2.53. The SMILES string of the molecule is [B]C([B])Oc1ccc2c(c1)[C@]1(CC)CCCCC1[C@@H](N(C)C)C2. The Kier molecular flexibility index (Phi) is 4.82. The van der Waals surface area contributed by atoms with Crippen LogP contribution in [0.15, 0.2) is 18.2 Å². The van der Waals surface area contributed by atoms with E-state index in [1.165, 1.54) is 43.2 Å². The fourth-order valence-corrected chi connectivity index (χ4v) is 5.13. The van der Waals surface area contributed by atoms with Crippen molar-refractivity contribution in [2.24, 2.45) is 5.92 Å². The summed E-state index contributed by atoms with van der Waals surface area (Å²) in [7, 11) is 15.7. The van der Waals surface area contributed by atoms with E-state index < -0.39 is 5.90 Å². The summed E-state index contributed by atoms with van der Waals surface area (Å²) < 4.78 is 5.57. The zero-order chi connectivity index (χ0) is 16.6. The average Bonchev–Trinajstić information content (AvgIpc) is 2.53. The van der Waals surface area contributed by atoms with Gasteiger partial charge in [-0.1, -0.05) is 25.8 Å². The van der Waals surface area contributed by atoms with Gasteiger partial charge in [0, 0.05) is 11.9 Å². The van der Waals surface area contributed by atoms with E-state index >= 15 is 0 Å². The third-order valence-corrected chi connectivity index (χ3v) is 6.18. The number of rotatable bonds is 4. The first kappa shape index (κ1) is 16.9. The van der Waals surface area contributed by atoms with Crippen molar-refractivity contribution >= 4 is 15.7 Å². The van der Waals surface area contributed by atoms with Crippen LogP contribution in [0.4, 0.5) is 0 Å². The van der Waals surface area contributed by atoms with Gasteiger partial charge < -0.3 is 9.64 Å². The highest BCUT2D eigenvalue weighted by atomic mass is 16.5. The summed E-state index contributed by atoms with van der Waals surface area (Å²) in [5, 5.41) is 0. The molecule has 2 nitrogen and oxygen atoms in total. The number of hydrogen-bond acceptors (Lipinski definition) is 2. The fraction of sp³-hybridized carbons (Fsp3) is 0.684. The lowest BCUT2D eigenvalue weighted by Crippen LogP contribution is -2.53. The number of likely N-dealkylation sites (N-methyl/N-ethyl adjacent to an activating group) is 1. The standard InChI is InChI=1S/C19H27B2NO/c1-4-19-10-6-5-7-15(19)17(22(2)3)11-13-8-9-14(12-16(13)19)23-18(20)21/h8-9,12,15,17-18H,4-7,10-11H2,1-3H3/t15?,17-,19+/m0/s1. The highest BCUT2D eigenvalue weighted by Gasteiger charge is 2.49. The molecule has 23 heavy (non-hydrogen) atoms. The summed E-state index contributed by atoms with van der Waals surface area (Å²) in [4.78, 5) is 2.43. The van der Waals surface area contributed by atoms with Gasteiger partial charge in [-0.2, -0.15) is 0 Å². The van der Waals surface area contributed by atoms with E-state index in [1.54, 1.807) is 0 Å². The van der Waals surface area contributed by atoms with Crippen LogP contribution in [0.5, 0.6) is 5.75 Å². The maximum absolute atomic E-state index is 5.61. The smallest absolute Gasteiger partial charge is 0.117 e. The monoisotopic (exact) mass is 307 g/mol. The molecule has 0 heterocycles. The molecule has 0 N–H and O–H groups in total. The first-order chi connectivity index (χ1) is 11.0. The Morgan fingerprint density at radius 1 is 1.30 bits per heavy atom. The van der Waals surface area contributed by atoms with E-state index in [1.807, 2.05) is 6.07 Å². The molecule has 3 rings (SSSR count). The molecule has 4 heteroatoms. The topological polar surface area (TPSA) is 12.5 Å². The van der Waals surface area contributed by atoms with Crippen LogP contribution in [0.2, 0.25) is 0 Å². The molecule has 1 saturated carbocycles. The van der Waals surface area contributed by atoms with E-state index in [9.17, 15) is 0 Å². The van der Waals surface area contributed by atoms with Crippen LogP contribution in [-0.4, -0.2) is 46.6 Å². The zero-order valence-corrected chi connectivity index (χ0v) is 14.7. The molecule has 0 bridgehead atoms. The Balaban J connectivity index is 2.08. The molecule has 1 unspecified atom stereocenters. The van der Waals surface area contributed by atoms with Crippen molar-refractivity contribution < 1.29 is 4.74 Å². The van der Waals surface area contributed by atoms with E-state index in [2.05, 4.69) is 38.1 Å². The molecule has 0 saturated heterocycles. The highest BCUT2D eigenvalue weighted by molar-refractivity contribution is 6.34. The molecule has 0 amide bonds. The molecule has 2 aliphatic rings. The van der Waals surface area contributed by atoms with Crippen molar-refractivity contribution in [3.63, 3.8) is 0 Å². The summed E-state index contributed by atoms with van der Waals surface area (Å²) in [6, 6.07) is 7.10. The third kappa shape index (κ3) is 2.95. The maximum Gasteiger partial charge on any atom is 0.117 e. The Labute approximate surface area is 143 Å². The van der Waals surface area contributed by atoms with Crippen LogP contribution < -0.4 is 4.74 Å². The van der Waals surface area contributed by atoms with Crippen LogP contribution in [0.25, 0.3) is 0 Å². The normalized spacial score (nSPS) is 30.1. The van der Waals surface area contributed by atoms with Crippen LogP contribution in [0, 0.1) is 5.92 Å². The summed E-state index contributed by atoms with van der Waals surface area (Å²) in [6.45, 7) is 2.35. The molecule has 3 atom stereocenters. The molecule has 1 fully saturated rings. The van der Waals surface area contributed by atoms with Crippen LogP contribution >= 0.6 is 0 Å². The summed E-state index contributed by atoms with van der Waals surface area (Å²) in [5.41, 5.74) is 3.24. The first-order valence-corrected chi connectivity index (χ1v) is 8.95. The van der Waals surface area contributed by atoms with E-state index in [-0.39, 0.29) is 5.41 Å². The average molecular weight is 307 g/mol. The zero-order valence-electron chi connectivity index (χ0n) is 14.7. The number of nitrogens with zero attached hydrogens (tertiary/aromatic N) is 1. The van der Waals surface area contributed by atoms with Crippen LogP contribution in [0.1, 0.15) is 50.2 Å². The lowest BCUT2D eigenvalue weighted by atomic mass is 9.54. The largest absolute Gasteiger partial charge is 0.510 e. The van der Waals surface area contributed by atoms with Gasteiger partial charge in [0.05, 0.1) is 0 Å². The molecule has 0 aliphatic heterocycles. The van der Waals surface area contributed by atoms with Gasteiger partial charge in [-0.05, 0) is 74.4 Å². The molecule has 120 valence electrons. The molecule has 2 aliphatic carbocycles. The van der Waals surface area contributed by atoms with Crippen molar-refractivity contribution in [1.82, 2.24) is 4.90 Å². The second kappa shape index (κ2) is 6.55. The quantitative estimate of drug-likeness (QED) is 0.793. The van der Waals surface area contributed by atoms with Crippen LogP contribution in [0.3, 0.4) is 0 Å². The molecular weight excluding hydrogens is 280 g/mol. The minimum atomic E-state index is -0.758. The number of hydrogen-bond donors (Lipinski definition) is 0. The second-order valence-electron chi connectivity index (χ2n) is 7.50. The van der Waals surface area contributed by atoms with Crippen LogP contribution in [-0.2, 0) is 11.8 Å². The molecule has 0 aromatic heterocycles. The van der Waals surface area contributed by atoms with Gasteiger partial charge in [-0.25, -0.2) is 0 Å².